The molecule has 4 rings (SSSR count). The number of carbonyl (C=O) groups is 1. The van der Waals surface area contributed by atoms with Gasteiger partial charge in [-0.2, -0.15) is 11.8 Å². The minimum atomic E-state index is -0.941. The first kappa shape index (κ1) is 32.8. The second-order valence-corrected chi connectivity index (χ2v) is 11.4. The summed E-state index contributed by atoms with van der Waals surface area (Å²) in [4.78, 5) is 20.1. The lowest BCUT2D eigenvalue weighted by atomic mass is 9.74. The fourth-order valence-corrected chi connectivity index (χ4v) is 5.11. The van der Waals surface area contributed by atoms with Crippen molar-refractivity contribution in [3.8, 4) is 23.0 Å². The van der Waals surface area contributed by atoms with Gasteiger partial charge in [0.2, 0.25) is 0 Å². The van der Waals surface area contributed by atoms with E-state index in [1.165, 1.54) is 30.7 Å². The van der Waals surface area contributed by atoms with Crippen molar-refractivity contribution >= 4 is 18.0 Å². The molecule has 0 aliphatic heterocycles. The summed E-state index contributed by atoms with van der Waals surface area (Å²) in [5.74, 6) is 0.924. The molecule has 0 spiro atoms. The molecule has 1 heterocycles. The lowest BCUT2D eigenvalue weighted by Gasteiger charge is -2.30. The maximum Gasteiger partial charge on any atom is 0.157 e. The van der Waals surface area contributed by atoms with Gasteiger partial charge in [-0.1, -0.05) is 25.1 Å². The Morgan fingerprint density at radius 1 is 0.952 bits per heavy atom. The molecule has 2 unspecified atom stereocenters. The molecule has 1 aliphatic carbocycles. The van der Waals surface area contributed by atoms with Gasteiger partial charge in [0, 0.05) is 18.1 Å². The molecule has 2 aromatic carbocycles. The number of ether oxygens (including phenoxy) is 1. The van der Waals surface area contributed by atoms with Crippen LogP contribution < -0.4 is 0 Å². The third-order valence-electron chi connectivity index (χ3n) is 7.40. The minimum absolute atomic E-state index is 0.0534. The van der Waals surface area contributed by atoms with Crippen LogP contribution in [-0.4, -0.2) is 54.1 Å². The Bertz CT molecular complexity index is 1380. The second kappa shape index (κ2) is 15.5. The van der Waals surface area contributed by atoms with E-state index < -0.39 is 6.10 Å². The molecule has 0 amide bonds. The molecule has 1 aromatic heterocycles. The van der Waals surface area contributed by atoms with Gasteiger partial charge in [-0.3, -0.25) is 9.97 Å². The Labute approximate surface area is 251 Å². The number of phenols is 4. The quantitative estimate of drug-likeness (QED) is 0.106. The molecule has 1 aliphatic rings. The lowest BCUT2D eigenvalue weighted by molar-refractivity contribution is -0.113. The van der Waals surface area contributed by atoms with Gasteiger partial charge in [-0.15, -0.1) is 0 Å². The summed E-state index contributed by atoms with van der Waals surface area (Å²) < 4.78 is 5.59. The molecule has 3 aromatic rings. The van der Waals surface area contributed by atoms with Crippen molar-refractivity contribution in [2.24, 2.45) is 11.8 Å². The minimum Gasteiger partial charge on any atom is -0.504 e. The number of hydrogen-bond donors (Lipinski definition) is 5. The summed E-state index contributed by atoms with van der Waals surface area (Å²) in [6.45, 7) is 7.75. The van der Waals surface area contributed by atoms with Gasteiger partial charge < -0.3 is 35.1 Å². The second-order valence-electron chi connectivity index (χ2n) is 10.5. The van der Waals surface area contributed by atoms with Crippen molar-refractivity contribution in [1.29, 1.82) is 0 Å². The highest BCUT2D eigenvalue weighted by Crippen LogP contribution is 2.35. The molecule has 5 N–H and O–H groups in total. The summed E-state index contributed by atoms with van der Waals surface area (Å²) in [7, 11) is 0. The number of aldehydes is 1. The van der Waals surface area contributed by atoms with E-state index in [0.29, 0.717) is 23.6 Å². The fraction of sp³-hybridized carbons (Fsp3) is 0.406. The van der Waals surface area contributed by atoms with E-state index in [0.717, 1.165) is 47.5 Å². The van der Waals surface area contributed by atoms with Gasteiger partial charge in [0.1, 0.15) is 24.8 Å². The van der Waals surface area contributed by atoms with Crippen LogP contribution >= 0.6 is 11.8 Å². The molecular weight excluding hydrogens is 556 g/mol. The van der Waals surface area contributed by atoms with Crippen molar-refractivity contribution in [2.45, 2.75) is 64.4 Å². The molecular formula is C32H40N2O7S. The Balaban J connectivity index is 0.000000258. The normalized spacial score (nSPS) is 14.2. The van der Waals surface area contributed by atoms with E-state index in [1.807, 2.05) is 20.1 Å². The van der Waals surface area contributed by atoms with Gasteiger partial charge >= 0.3 is 0 Å². The van der Waals surface area contributed by atoms with Crippen molar-refractivity contribution in [3.05, 3.63) is 82.6 Å². The topological polar surface area (TPSA) is 153 Å². The van der Waals surface area contributed by atoms with Crippen molar-refractivity contribution in [2.75, 3.05) is 6.26 Å². The smallest absolute Gasteiger partial charge is 0.157 e. The zero-order valence-corrected chi connectivity index (χ0v) is 25.1. The third-order valence-corrected chi connectivity index (χ3v) is 7.96. The van der Waals surface area contributed by atoms with Crippen LogP contribution in [0.25, 0.3) is 0 Å². The monoisotopic (exact) mass is 596 g/mol. The largest absolute Gasteiger partial charge is 0.504 e. The van der Waals surface area contributed by atoms with Gasteiger partial charge in [0.05, 0.1) is 22.8 Å². The van der Waals surface area contributed by atoms with Crippen molar-refractivity contribution in [3.63, 3.8) is 0 Å². The predicted molar refractivity (Wildman–Crippen MR) is 163 cm³/mol. The summed E-state index contributed by atoms with van der Waals surface area (Å²) in [6.07, 6.45) is 6.45. The summed E-state index contributed by atoms with van der Waals surface area (Å²) in [6, 6.07) is 9.14. The fourth-order valence-electron chi connectivity index (χ4n) is 4.56. The number of aromatic hydroxyl groups is 4. The average Bonchev–Trinajstić information content (AvgIpc) is 2.92. The van der Waals surface area contributed by atoms with Crippen LogP contribution in [-0.2, 0) is 34.7 Å². The maximum atomic E-state index is 11.0. The van der Waals surface area contributed by atoms with Crippen LogP contribution in [0.1, 0.15) is 53.2 Å². The number of hydrogen-bond acceptors (Lipinski definition) is 10. The molecule has 0 bridgehead atoms. The molecule has 0 radical (unpaired) electrons. The number of phenolic OH excluding ortho intramolecular Hbond substituents is 4. The molecule has 1 saturated carbocycles. The van der Waals surface area contributed by atoms with E-state index in [9.17, 15) is 30.3 Å². The first-order valence-corrected chi connectivity index (χ1v) is 15.2. The number of carbonyl (C=O) groups excluding carboxylic acids is 1. The highest BCUT2D eigenvalue weighted by molar-refractivity contribution is 7.97. The standard InChI is InChI=1S/C19H24N2O4S.C13H16O3/c1-11-15(20-12(2)16(21-11)10-26-4)9-25-13(3)18(23)7-14-5-6-17(22)19(24)8-14;14-8-11(10-2-1-3-10)6-9-4-5-12(15)13(16)7-9/h5-6,8,18,22-24H,3,7,9-10H2,1-2,4H3;4-5,7-8,10-11,15-16H,1-3,6H2. The predicted octanol–water partition coefficient (Wildman–Crippen LogP) is 5.26. The maximum absolute atomic E-state index is 11.0. The van der Waals surface area contributed by atoms with Crippen molar-refractivity contribution < 1.29 is 35.1 Å². The van der Waals surface area contributed by atoms with Gasteiger partial charge in [0.15, 0.2) is 23.0 Å². The zero-order valence-electron chi connectivity index (χ0n) is 24.3. The molecule has 2 atom stereocenters. The van der Waals surface area contributed by atoms with E-state index in [2.05, 4.69) is 16.5 Å². The average molecular weight is 597 g/mol. The highest BCUT2D eigenvalue weighted by Gasteiger charge is 2.27. The molecule has 226 valence electrons. The molecule has 1 fully saturated rings. The molecule has 42 heavy (non-hydrogen) atoms. The number of aromatic nitrogens is 2. The molecule has 9 nitrogen and oxygen atoms in total. The summed E-state index contributed by atoms with van der Waals surface area (Å²) >= 11 is 1.69. The number of rotatable bonds is 12. The van der Waals surface area contributed by atoms with Crippen LogP contribution in [0.15, 0.2) is 48.7 Å². The Morgan fingerprint density at radius 2 is 1.50 bits per heavy atom. The number of thioether (sulfide) groups is 1. The van der Waals surface area contributed by atoms with E-state index in [1.54, 1.807) is 23.9 Å². The van der Waals surface area contributed by atoms with Gasteiger partial charge in [-0.25, -0.2) is 0 Å². The Kier molecular flexibility index (Phi) is 12.1. The van der Waals surface area contributed by atoms with E-state index >= 15 is 0 Å². The van der Waals surface area contributed by atoms with E-state index in [4.69, 9.17) is 4.74 Å². The number of aryl methyl sites for hydroxylation is 2. The SMILES string of the molecule is C=C(OCc1nc(C)c(CSC)nc1C)C(O)Cc1ccc(O)c(O)c1.O=CC(Cc1ccc(O)c(O)c1)C1CCC1. The summed E-state index contributed by atoms with van der Waals surface area (Å²) in [5.41, 5.74) is 4.90. The Hall–Kier alpha value is -3.76. The van der Waals surface area contributed by atoms with Crippen molar-refractivity contribution in [1.82, 2.24) is 9.97 Å². The van der Waals surface area contributed by atoms with Crippen LogP contribution in [0.2, 0.25) is 0 Å². The zero-order chi connectivity index (χ0) is 30.8. The molecule has 0 saturated heterocycles. The Morgan fingerprint density at radius 3 is 2.00 bits per heavy atom. The van der Waals surface area contributed by atoms with Crippen LogP contribution in [0.5, 0.6) is 23.0 Å². The summed E-state index contributed by atoms with van der Waals surface area (Å²) in [5, 5.41) is 47.6. The third kappa shape index (κ3) is 9.12. The first-order valence-electron chi connectivity index (χ1n) is 13.8. The molecule has 10 heteroatoms. The number of aliphatic hydroxyl groups excluding tert-OH is 1. The number of nitrogens with zero attached hydrogens (tertiary/aromatic N) is 2. The van der Waals surface area contributed by atoms with Crippen LogP contribution in [0, 0.1) is 25.7 Å². The number of benzene rings is 2. The van der Waals surface area contributed by atoms with Gasteiger partial charge in [0.25, 0.3) is 0 Å². The number of aliphatic hydroxyl groups is 1. The first-order chi connectivity index (χ1) is 20.0. The van der Waals surface area contributed by atoms with Crippen LogP contribution in [0.4, 0.5) is 0 Å². The highest BCUT2D eigenvalue weighted by atomic mass is 32.2. The van der Waals surface area contributed by atoms with Gasteiger partial charge in [-0.05, 0) is 80.7 Å². The van der Waals surface area contributed by atoms with E-state index in [-0.39, 0.29) is 47.7 Å². The lowest BCUT2D eigenvalue weighted by Crippen LogP contribution is -2.24. The van der Waals surface area contributed by atoms with Crippen LogP contribution in [0.3, 0.4) is 0 Å².